The second-order valence-corrected chi connectivity index (χ2v) is 6.26. The fourth-order valence-corrected chi connectivity index (χ4v) is 2.87. The summed E-state index contributed by atoms with van der Waals surface area (Å²) in [4.78, 5) is 11.2. The minimum Gasteiger partial charge on any atom is -0.466 e. The Morgan fingerprint density at radius 1 is 1.47 bits per heavy atom. The minimum absolute atomic E-state index is 0.0107. The predicted octanol–water partition coefficient (Wildman–Crippen LogP) is 1.26. The van der Waals surface area contributed by atoms with Crippen LogP contribution in [0.25, 0.3) is 0 Å². The lowest BCUT2D eigenvalue weighted by Gasteiger charge is -2.07. The number of hydrogen-bond donors (Lipinski definition) is 2. The normalized spacial score (nSPS) is 11.3. The van der Waals surface area contributed by atoms with Crippen molar-refractivity contribution in [3.63, 3.8) is 0 Å². The summed E-state index contributed by atoms with van der Waals surface area (Å²) in [6.45, 7) is 1.95. The highest BCUT2D eigenvalue weighted by molar-refractivity contribution is 9.10. The molecule has 0 aliphatic carbocycles. The smallest absolute Gasteiger partial charge is 0.307 e. The number of benzene rings is 1. The molecule has 6 nitrogen and oxygen atoms in total. The van der Waals surface area contributed by atoms with Crippen LogP contribution in [0.2, 0.25) is 0 Å². The first kappa shape index (κ1) is 15.9. The van der Waals surface area contributed by atoms with Gasteiger partial charge < -0.3 is 10.5 Å². The van der Waals surface area contributed by atoms with Crippen LogP contribution >= 0.6 is 15.9 Å². The third kappa shape index (κ3) is 4.81. The van der Waals surface area contributed by atoms with E-state index in [0.29, 0.717) is 10.2 Å². The molecule has 0 unspecified atom stereocenters. The number of carbonyl (C=O) groups excluding carboxylic acids is 1. The van der Waals surface area contributed by atoms with Crippen molar-refractivity contribution >= 4 is 37.6 Å². The largest absolute Gasteiger partial charge is 0.466 e. The van der Waals surface area contributed by atoms with Gasteiger partial charge in [-0.05, 0) is 41.1 Å². The number of sulfonamides is 1. The highest BCUT2D eigenvalue weighted by Crippen LogP contribution is 2.22. The van der Waals surface area contributed by atoms with Gasteiger partial charge in [0.25, 0.3) is 0 Å². The van der Waals surface area contributed by atoms with Gasteiger partial charge in [0.15, 0.2) is 0 Å². The second kappa shape index (κ2) is 6.88. The van der Waals surface area contributed by atoms with Crippen molar-refractivity contribution in [2.45, 2.75) is 18.2 Å². The van der Waals surface area contributed by atoms with Crippen molar-refractivity contribution < 1.29 is 17.9 Å². The summed E-state index contributed by atoms with van der Waals surface area (Å²) < 4.78 is 31.3. The predicted molar refractivity (Wildman–Crippen MR) is 75.0 cm³/mol. The van der Waals surface area contributed by atoms with E-state index in [4.69, 9.17) is 10.5 Å². The Morgan fingerprint density at radius 2 is 2.16 bits per heavy atom. The maximum atomic E-state index is 11.9. The highest BCUT2D eigenvalue weighted by Gasteiger charge is 2.15. The molecule has 0 heterocycles. The van der Waals surface area contributed by atoms with Crippen LogP contribution in [-0.4, -0.2) is 27.5 Å². The Labute approximate surface area is 120 Å². The maximum Gasteiger partial charge on any atom is 0.307 e. The monoisotopic (exact) mass is 350 g/mol. The van der Waals surface area contributed by atoms with Gasteiger partial charge in [-0.1, -0.05) is 0 Å². The average Bonchev–Trinajstić information content (AvgIpc) is 2.32. The molecule has 19 heavy (non-hydrogen) atoms. The van der Waals surface area contributed by atoms with Crippen LogP contribution in [0, 0.1) is 0 Å². The van der Waals surface area contributed by atoms with Crippen molar-refractivity contribution in [1.82, 2.24) is 4.72 Å². The van der Waals surface area contributed by atoms with Crippen LogP contribution in [0.3, 0.4) is 0 Å². The van der Waals surface area contributed by atoms with E-state index in [1.165, 1.54) is 18.2 Å². The number of esters is 1. The summed E-state index contributed by atoms with van der Waals surface area (Å²) in [5.41, 5.74) is 6.03. The van der Waals surface area contributed by atoms with E-state index in [2.05, 4.69) is 20.7 Å². The summed E-state index contributed by atoms with van der Waals surface area (Å²) in [5, 5.41) is 0. The fourth-order valence-electron chi connectivity index (χ4n) is 1.28. The van der Waals surface area contributed by atoms with Gasteiger partial charge in [0.2, 0.25) is 10.0 Å². The number of hydrogen-bond acceptors (Lipinski definition) is 5. The number of nitrogens with two attached hydrogens (primary N) is 1. The zero-order chi connectivity index (χ0) is 14.5. The molecule has 1 aromatic carbocycles. The third-order valence-corrected chi connectivity index (χ3v) is 4.35. The first-order chi connectivity index (χ1) is 8.86. The van der Waals surface area contributed by atoms with Crippen LogP contribution in [0.1, 0.15) is 13.3 Å². The molecule has 8 heteroatoms. The lowest BCUT2D eigenvalue weighted by Crippen LogP contribution is -2.26. The molecule has 1 rings (SSSR count). The molecule has 3 N–H and O–H groups in total. The number of nitrogens with one attached hydrogen (secondary N) is 1. The average molecular weight is 351 g/mol. The van der Waals surface area contributed by atoms with E-state index in [9.17, 15) is 13.2 Å². The van der Waals surface area contributed by atoms with Gasteiger partial charge >= 0.3 is 5.97 Å². The summed E-state index contributed by atoms with van der Waals surface area (Å²) in [7, 11) is -3.65. The van der Waals surface area contributed by atoms with Crippen LogP contribution < -0.4 is 10.5 Å². The quantitative estimate of drug-likeness (QED) is 0.594. The molecular weight excluding hydrogens is 336 g/mol. The second-order valence-electron chi connectivity index (χ2n) is 3.64. The Balaban J connectivity index is 2.66. The van der Waals surface area contributed by atoms with Gasteiger partial charge in [0.05, 0.1) is 17.9 Å². The highest BCUT2D eigenvalue weighted by atomic mass is 79.9. The fraction of sp³-hybridized carbons (Fsp3) is 0.364. The molecule has 0 aliphatic rings. The summed E-state index contributed by atoms with van der Waals surface area (Å²) >= 11 is 3.16. The lowest BCUT2D eigenvalue weighted by atomic mass is 10.3. The summed E-state index contributed by atoms with van der Waals surface area (Å²) in [5.74, 6) is -0.441. The zero-order valence-corrected chi connectivity index (χ0v) is 12.8. The van der Waals surface area contributed by atoms with E-state index in [1.807, 2.05) is 0 Å². The van der Waals surface area contributed by atoms with Crippen LogP contribution in [0.4, 0.5) is 5.69 Å². The minimum atomic E-state index is -3.65. The van der Waals surface area contributed by atoms with Crippen LogP contribution in [0.15, 0.2) is 27.6 Å². The molecule has 0 aromatic heterocycles. The molecule has 0 aliphatic heterocycles. The maximum absolute atomic E-state index is 11.9. The SMILES string of the molecule is CCOC(=O)CCNS(=O)(=O)c1ccc(N)c(Br)c1. The molecule has 0 atom stereocenters. The summed E-state index contributed by atoms with van der Waals surface area (Å²) in [6, 6.07) is 4.29. The molecule has 0 amide bonds. The van der Waals surface area contributed by atoms with Gasteiger partial charge in [-0.2, -0.15) is 0 Å². The molecule has 106 valence electrons. The van der Waals surface area contributed by atoms with E-state index in [0.717, 1.165) is 0 Å². The molecular formula is C11H15BrN2O4S. The van der Waals surface area contributed by atoms with Crippen LogP contribution in [0.5, 0.6) is 0 Å². The Morgan fingerprint density at radius 3 is 2.74 bits per heavy atom. The van der Waals surface area contributed by atoms with Crippen molar-refractivity contribution in [3.8, 4) is 0 Å². The topological polar surface area (TPSA) is 98.5 Å². The van der Waals surface area contributed by atoms with Gasteiger partial charge in [-0.15, -0.1) is 0 Å². The number of rotatable bonds is 6. The molecule has 0 saturated carbocycles. The van der Waals surface area contributed by atoms with Gasteiger partial charge in [0, 0.05) is 16.7 Å². The molecule has 0 radical (unpaired) electrons. The molecule has 0 fully saturated rings. The third-order valence-electron chi connectivity index (χ3n) is 2.21. The lowest BCUT2D eigenvalue weighted by molar-refractivity contribution is -0.142. The Kier molecular flexibility index (Phi) is 5.77. The van der Waals surface area contributed by atoms with E-state index < -0.39 is 16.0 Å². The summed E-state index contributed by atoms with van der Waals surface area (Å²) in [6.07, 6.45) is -0.0107. The van der Waals surface area contributed by atoms with Gasteiger partial charge in [0.1, 0.15) is 0 Å². The number of halogens is 1. The van der Waals surface area contributed by atoms with Gasteiger partial charge in [-0.25, -0.2) is 13.1 Å². The number of nitrogen functional groups attached to an aromatic ring is 1. The zero-order valence-electron chi connectivity index (χ0n) is 10.3. The number of carbonyl (C=O) groups is 1. The Bertz CT molecular complexity index is 560. The standard InChI is InChI=1S/C11H15BrN2O4S/c1-2-18-11(15)5-6-14-19(16,17)8-3-4-10(13)9(12)7-8/h3-4,7,14H,2,5-6,13H2,1H3. The molecule has 0 saturated heterocycles. The van der Waals surface area contributed by atoms with Gasteiger partial charge in [-0.3, -0.25) is 4.79 Å². The number of ether oxygens (including phenoxy) is 1. The van der Waals surface area contributed by atoms with E-state index >= 15 is 0 Å². The first-order valence-corrected chi connectivity index (χ1v) is 7.84. The molecule has 1 aromatic rings. The van der Waals surface area contributed by atoms with Crippen molar-refractivity contribution in [2.75, 3.05) is 18.9 Å². The number of anilines is 1. The van der Waals surface area contributed by atoms with Crippen LogP contribution in [-0.2, 0) is 19.6 Å². The molecule has 0 bridgehead atoms. The van der Waals surface area contributed by atoms with Crippen molar-refractivity contribution in [2.24, 2.45) is 0 Å². The van der Waals surface area contributed by atoms with E-state index in [-0.39, 0.29) is 24.5 Å². The van der Waals surface area contributed by atoms with E-state index in [1.54, 1.807) is 6.92 Å². The van der Waals surface area contributed by atoms with Crippen molar-refractivity contribution in [1.29, 1.82) is 0 Å². The van der Waals surface area contributed by atoms with Crippen molar-refractivity contribution in [3.05, 3.63) is 22.7 Å². The Hall–Kier alpha value is -1.12. The molecule has 0 spiro atoms. The first-order valence-electron chi connectivity index (χ1n) is 5.57.